The van der Waals surface area contributed by atoms with Crippen LogP contribution in [0.2, 0.25) is 0 Å². The molecule has 100 valence electrons. The Bertz CT molecular complexity index is 328. The molecular weight excluding hydrogens is 238 g/mol. The van der Waals surface area contributed by atoms with Crippen LogP contribution >= 0.6 is 0 Å². The fraction of sp³-hybridized carbons (Fsp3) is 1.00. The molecule has 0 unspecified atom stereocenters. The Kier molecular flexibility index (Phi) is 4.44. The van der Waals surface area contributed by atoms with Crippen molar-refractivity contribution in [2.75, 3.05) is 13.2 Å². The Morgan fingerprint density at radius 3 is 2.18 bits per heavy atom. The van der Waals surface area contributed by atoms with Gasteiger partial charge in [-0.2, -0.15) is 0 Å². The predicted octanol–water partition coefficient (Wildman–Crippen LogP) is 1.66. The standard InChI is InChI=1S/C12H23NO3S/c1-10-2-4-11(5-3-10)13-17(14,15)12-6-8-16-9-7-12/h10-13H,2-9H2,1H3. The van der Waals surface area contributed by atoms with Crippen molar-refractivity contribution in [3.05, 3.63) is 0 Å². The zero-order valence-electron chi connectivity index (χ0n) is 10.5. The molecule has 0 amide bonds. The summed E-state index contributed by atoms with van der Waals surface area (Å²) in [6.45, 7) is 3.39. The second-order valence-corrected chi connectivity index (χ2v) is 7.42. The zero-order valence-corrected chi connectivity index (χ0v) is 11.3. The minimum Gasteiger partial charge on any atom is -0.381 e. The molecule has 1 aliphatic carbocycles. The van der Waals surface area contributed by atoms with E-state index >= 15 is 0 Å². The number of ether oxygens (including phenoxy) is 1. The van der Waals surface area contributed by atoms with Crippen LogP contribution in [-0.4, -0.2) is 32.9 Å². The van der Waals surface area contributed by atoms with E-state index in [4.69, 9.17) is 4.74 Å². The fourth-order valence-corrected chi connectivity index (χ4v) is 4.40. The normalized spacial score (nSPS) is 32.5. The van der Waals surface area contributed by atoms with Crippen LogP contribution in [-0.2, 0) is 14.8 Å². The molecule has 0 radical (unpaired) electrons. The molecule has 2 fully saturated rings. The lowest BCUT2D eigenvalue weighted by Crippen LogP contribution is -2.44. The summed E-state index contributed by atoms with van der Waals surface area (Å²) in [5, 5.41) is -0.240. The second-order valence-electron chi connectivity index (χ2n) is 5.43. The van der Waals surface area contributed by atoms with Crippen LogP contribution in [0.25, 0.3) is 0 Å². The summed E-state index contributed by atoms with van der Waals surface area (Å²) >= 11 is 0. The molecule has 0 aromatic heterocycles. The van der Waals surface area contributed by atoms with Gasteiger partial charge in [-0.1, -0.05) is 6.92 Å². The minimum absolute atomic E-state index is 0.166. The van der Waals surface area contributed by atoms with Crippen LogP contribution in [0.15, 0.2) is 0 Å². The highest BCUT2D eigenvalue weighted by Gasteiger charge is 2.30. The van der Waals surface area contributed by atoms with Crippen molar-refractivity contribution in [1.82, 2.24) is 4.72 Å². The molecule has 0 spiro atoms. The van der Waals surface area contributed by atoms with E-state index in [-0.39, 0.29) is 11.3 Å². The summed E-state index contributed by atoms with van der Waals surface area (Å²) in [6.07, 6.45) is 5.53. The van der Waals surface area contributed by atoms with Crippen LogP contribution in [0.5, 0.6) is 0 Å². The molecule has 5 heteroatoms. The summed E-state index contributed by atoms with van der Waals surface area (Å²) in [6, 6.07) is 0.166. The van der Waals surface area contributed by atoms with Crippen LogP contribution in [0, 0.1) is 5.92 Å². The van der Waals surface area contributed by atoms with Gasteiger partial charge < -0.3 is 4.74 Å². The van der Waals surface area contributed by atoms with Gasteiger partial charge in [0.1, 0.15) is 0 Å². The van der Waals surface area contributed by atoms with Gasteiger partial charge in [-0.25, -0.2) is 13.1 Å². The first-order chi connectivity index (χ1) is 8.08. The van der Waals surface area contributed by atoms with Gasteiger partial charge in [0, 0.05) is 19.3 Å². The summed E-state index contributed by atoms with van der Waals surface area (Å²) in [5.41, 5.74) is 0. The lowest BCUT2D eigenvalue weighted by Gasteiger charge is -2.29. The molecule has 1 saturated heterocycles. The van der Waals surface area contributed by atoms with Gasteiger partial charge >= 0.3 is 0 Å². The Morgan fingerprint density at radius 1 is 1.00 bits per heavy atom. The molecule has 0 aromatic carbocycles. The van der Waals surface area contributed by atoms with E-state index in [0.29, 0.717) is 26.1 Å². The van der Waals surface area contributed by atoms with E-state index in [9.17, 15) is 8.42 Å². The highest BCUT2D eigenvalue weighted by Crippen LogP contribution is 2.25. The Morgan fingerprint density at radius 2 is 1.59 bits per heavy atom. The number of nitrogens with one attached hydrogen (secondary N) is 1. The van der Waals surface area contributed by atoms with Crippen molar-refractivity contribution in [2.24, 2.45) is 5.92 Å². The molecular formula is C12H23NO3S. The fourth-order valence-electron chi connectivity index (χ4n) is 2.69. The SMILES string of the molecule is CC1CCC(NS(=O)(=O)C2CCOCC2)CC1. The second kappa shape index (κ2) is 5.67. The van der Waals surface area contributed by atoms with E-state index in [1.165, 1.54) is 0 Å². The predicted molar refractivity (Wildman–Crippen MR) is 67.3 cm³/mol. The maximum Gasteiger partial charge on any atom is 0.214 e. The van der Waals surface area contributed by atoms with Crippen LogP contribution in [0.4, 0.5) is 0 Å². The third-order valence-electron chi connectivity index (χ3n) is 3.95. The van der Waals surface area contributed by atoms with Crippen molar-refractivity contribution < 1.29 is 13.2 Å². The molecule has 1 aliphatic heterocycles. The molecule has 2 rings (SSSR count). The topological polar surface area (TPSA) is 55.4 Å². The maximum absolute atomic E-state index is 12.2. The highest BCUT2D eigenvalue weighted by molar-refractivity contribution is 7.90. The first-order valence-electron chi connectivity index (χ1n) is 6.67. The first kappa shape index (κ1) is 13.3. The third-order valence-corrected chi connectivity index (χ3v) is 5.96. The number of sulfonamides is 1. The average Bonchev–Trinajstić information content (AvgIpc) is 2.33. The van der Waals surface area contributed by atoms with Crippen molar-refractivity contribution in [3.8, 4) is 0 Å². The smallest absolute Gasteiger partial charge is 0.214 e. The summed E-state index contributed by atoms with van der Waals surface area (Å²) in [4.78, 5) is 0. The lowest BCUT2D eigenvalue weighted by atomic mass is 9.88. The van der Waals surface area contributed by atoms with Gasteiger partial charge in [0.2, 0.25) is 10.0 Å². The summed E-state index contributed by atoms with van der Waals surface area (Å²) in [7, 11) is -3.13. The van der Waals surface area contributed by atoms with Crippen LogP contribution < -0.4 is 4.72 Å². The van der Waals surface area contributed by atoms with E-state index in [2.05, 4.69) is 11.6 Å². The minimum atomic E-state index is -3.13. The van der Waals surface area contributed by atoms with Crippen LogP contribution in [0.3, 0.4) is 0 Å². The zero-order chi connectivity index (χ0) is 12.3. The van der Waals surface area contributed by atoms with E-state index in [1.807, 2.05) is 0 Å². The molecule has 1 heterocycles. The average molecular weight is 261 g/mol. The van der Waals surface area contributed by atoms with Gasteiger partial charge in [-0.3, -0.25) is 0 Å². The number of hydrogen-bond acceptors (Lipinski definition) is 3. The van der Waals surface area contributed by atoms with E-state index < -0.39 is 10.0 Å². The molecule has 1 N–H and O–H groups in total. The lowest BCUT2D eigenvalue weighted by molar-refractivity contribution is 0.0980. The molecule has 0 aromatic rings. The number of rotatable bonds is 3. The molecule has 0 bridgehead atoms. The molecule has 4 nitrogen and oxygen atoms in total. The van der Waals surface area contributed by atoms with Gasteiger partial charge in [0.15, 0.2) is 0 Å². The Hall–Kier alpha value is -0.130. The summed E-state index contributed by atoms with van der Waals surface area (Å²) < 4.78 is 32.4. The van der Waals surface area contributed by atoms with Gasteiger partial charge in [-0.15, -0.1) is 0 Å². The monoisotopic (exact) mass is 261 g/mol. The van der Waals surface area contributed by atoms with Crippen molar-refractivity contribution in [3.63, 3.8) is 0 Å². The molecule has 0 atom stereocenters. The molecule has 1 saturated carbocycles. The first-order valence-corrected chi connectivity index (χ1v) is 8.21. The van der Waals surface area contributed by atoms with Gasteiger partial charge in [0.25, 0.3) is 0 Å². The third kappa shape index (κ3) is 3.66. The van der Waals surface area contributed by atoms with Crippen molar-refractivity contribution >= 4 is 10.0 Å². The van der Waals surface area contributed by atoms with E-state index in [0.717, 1.165) is 31.6 Å². The quantitative estimate of drug-likeness (QED) is 0.840. The maximum atomic E-state index is 12.2. The van der Waals surface area contributed by atoms with E-state index in [1.54, 1.807) is 0 Å². The molecule has 2 aliphatic rings. The largest absolute Gasteiger partial charge is 0.381 e. The van der Waals surface area contributed by atoms with Crippen molar-refractivity contribution in [1.29, 1.82) is 0 Å². The Balaban J connectivity index is 1.88. The number of hydrogen-bond donors (Lipinski definition) is 1. The van der Waals surface area contributed by atoms with Crippen molar-refractivity contribution in [2.45, 2.75) is 56.7 Å². The summed E-state index contributed by atoms with van der Waals surface area (Å²) in [5.74, 6) is 0.749. The van der Waals surface area contributed by atoms with Gasteiger partial charge in [0.05, 0.1) is 5.25 Å². The highest BCUT2D eigenvalue weighted by atomic mass is 32.2. The van der Waals surface area contributed by atoms with Gasteiger partial charge in [-0.05, 0) is 44.4 Å². The molecule has 17 heavy (non-hydrogen) atoms. The Labute approximate surface area is 104 Å². The van der Waals surface area contributed by atoms with Crippen LogP contribution in [0.1, 0.15) is 45.4 Å².